The zero-order valence-electron chi connectivity index (χ0n) is 19.4. The van der Waals surface area contributed by atoms with Gasteiger partial charge in [-0.2, -0.15) is 5.10 Å². The first-order valence-electron chi connectivity index (χ1n) is 11.3. The molecule has 2 N–H and O–H groups in total. The van der Waals surface area contributed by atoms with Gasteiger partial charge in [0.1, 0.15) is 6.04 Å². The van der Waals surface area contributed by atoms with Crippen molar-refractivity contribution in [2.75, 3.05) is 13.6 Å². The highest BCUT2D eigenvalue weighted by Gasteiger charge is 2.25. The molecule has 0 aliphatic rings. The molecule has 0 bridgehead atoms. The Balaban J connectivity index is 1.84. The number of unbranched alkanes of at least 4 members (excludes halogenated alkanes) is 2. The van der Waals surface area contributed by atoms with E-state index in [1.54, 1.807) is 24.3 Å². The van der Waals surface area contributed by atoms with Crippen LogP contribution >= 0.6 is 0 Å². The Hall–Kier alpha value is -3.52. The van der Waals surface area contributed by atoms with Crippen molar-refractivity contribution in [1.29, 1.82) is 0 Å². The molecule has 0 radical (unpaired) electrons. The summed E-state index contributed by atoms with van der Waals surface area (Å²) in [6.07, 6.45) is 2.77. The molecule has 0 aliphatic carbocycles. The molecule has 174 valence electrons. The van der Waals surface area contributed by atoms with Crippen molar-refractivity contribution in [1.82, 2.24) is 25.5 Å². The van der Waals surface area contributed by atoms with Gasteiger partial charge in [-0.15, -0.1) is 0 Å². The molecule has 0 fully saturated rings. The Labute approximate surface area is 193 Å². The van der Waals surface area contributed by atoms with E-state index in [0.29, 0.717) is 23.9 Å². The summed E-state index contributed by atoms with van der Waals surface area (Å²) in [6, 6.07) is 15.7. The minimum Gasteiger partial charge on any atom is -0.292 e. The van der Waals surface area contributed by atoms with Crippen LogP contribution in [-0.2, 0) is 11.3 Å². The van der Waals surface area contributed by atoms with Crippen molar-refractivity contribution in [2.24, 2.45) is 0 Å². The third-order valence-corrected chi connectivity index (χ3v) is 5.66. The summed E-state index contributed by atoms with van der Waals surface area (Å²) < 4.78 is 1.34. The molecule has 3 rings (SSSR count). The number of rotatable bonds is 9. The molecule has 0 saturated heterocycles. The van der Waals surface area contributed by atoms with Crippen molar-refractivity contribution >= 4 is 22.6 Å². The van der Waals surface area contributed by atoms with Gasteiger partial charge in [0.25, 0.3) is 17.4 Å². The molecule has 1 aromatic heterocycles. The zero-order valence-corrected chi connectivity index (χ0v) is 19.4. The largest absolute Gasteiger partial charge is 0.292 e. The number of carbonyl (C=O) groups excluding carboxylic acids is 2. The van der Waals surface area contributed by atoms with Crippen LogP contribution in [0.1, 0.15) is 55.2 Å². The molecule has 1 atom stereocenters. The van der Waals surface area contributed by atoms with Crippen molar-refractivity contribution < 1.29 is 9.59 Å². The average molecular weight is 450 g/mol. The lowest BCUT2D eigenvalue weighted by molar-refractivity contribution is -0.127. The van der Waals surface area contributed by atoms with Crippen LogP contribution in [0.25, 0.3) is 10.8 Å². The highest BCUT2D eigenvalue weighted by atomic mass is 16.2. The topological polar surface area (TPSA) is 96.3 Å². The van der Waals surface area contributed by atoms with Gasteiger partial charge in [-0.1, -0.05) is 75.2 Å². The van der Waals surface area contributed by atoms with Crippen LogP contribution in [-0.4, -0.2) is 40.1 Å². The highest BCUT2D eigenvalue weighted by Crippen LogP contribution is 2.19. The van der Waals surface area contributed by atoms with Crippen LogP contribution < -0.4 is 16.4 Å². The number of benzene rings is 2. The first-order chi connectivity index (χ1) is 16.0. The van der Waals surface area contributed by atoms with Gasteiger partial charge in [0, 0.05) is 11.9 Å². The number of carbonyl (C=O) groups is 2. The number of likely N-dealkylation sites (N-methyl/N-ethyl adjacent to an activating group) is 1. The third-order valence-electron chi connectivity index (χ3n) is 5.66. The fraction of sp³-hybridized carbons (Fsp3) is 0.360. The van der Waals surface area contributed by atoms with Crippen molar-refractivity contribution in [3.05, 3.63) is 76.2 Å². The van der Waals surface area contributed by atoms with E-state index in [1.165, 1.54) is 4.68 Å². The summed E-state index contributed by atoms with van der Waals surface area (Å²) in [5.74, 6) is -0.936. The average Bonchev–Trinajstić information content (AvgIpc) is 2.84. The lowest BCUT2D eigenvalue weighted by Gasteiger charge is -2.26. The second-order valence-electron chi connectivity index (χ2n) is 7.96. The Morgan fingerprint density at radius 2 is 1.64 bits per heavy atom. The number of amides is 2. The number of nitrogens with zero attached hydrogens (tertiary/aromatic N) is 3. The normalized spacial score (nSPS) is 12.0. The molecule has 1 unspecified atom stereocenters. The highest BCUT2D eigenvalue weighted by molar-refractivity contribution is 6.05. The number of aromatic nitrogens is 2. The first kappa shape index (κ1) is 24.1. The molecular formula is C25H31N5O3. The van der Waals surface area contributed by atoms with E-state index in [9.17, 15) is 14.4 Å². The molecule has 8 nitrogen and oxygen atoms in total. The number of hydrazine groups is 1. The fourth-order valence-corrected chi connectivity index (χ4v) is 3.74. The van der Waals surface area contributed by atoms with Gasteiger partial charge in [0.2, 0.25) is 0 Å². The first-order valence-corrected chi connectivity index (χ1v) is 11.3. The smallest absolute Gasteiger partial charge is 0.290 e. The maximum Gasteiger partial charge on any atom is 0.290 e. The molecule has 2 amide bonds. The van der Waals surface area contributed by atoms with Crippen LogP contribution in [0.5, 0.6) is 0 Å². The minimum atomic E-state index is -0.574. The quantitative estimate of drug-likeness (QED) is 0.387. The molecule has 0 spiro atoms. The summed E-state index contributed by atoms with van der Waals surface area (Å²) in [5, 5.41) is 5.21. The van der Waals surface area contributed by atoms with Crippen LogP contribution in [0.2, 0.25) is 0 Å². The second-order valence-corrected chi connectivity index (χ2v) is 7.96. The molecule has 2 aromatic carbocycles. The van der Waals surface area contributed by atoms with Gasteiger partial charge in [-0.3, -0.25) is 30.1 Å². The van der Waals surface area contributed by atoms with Crippen LogP contribution in [0.3, 0.4) is 0 Å². The van der Waals surface area contributed by atoms with Gasteiger partial charge < -0.3 is 0 Å². The lowest BCUT2D eigenvalue weighted by Crippen LogP contribution is -2.48. The maximum atomic E-state index is 13.0. The van der Waals surface area contributed by atoms with Gasteiger partial charge in [-0.05, 0) is 31.6 Å². The summed E-state index contributed by atoms with van der Waals surface area (Å²) in [6.45, 7) is 5.12. The fourth-order valence-electron chi connectivity index (χ4n) is 3.74. The molecule has 0 aliphatic heterocycles. The van der Waals surface area contributed by atoms with E-state index >= 15 is 0 Å². The Kier molecular flexibility index (Phi) is 8.32. The SMILES string of the molecule is CCCCCn1nc(C(=O)NNC(=O)C(c2ccccc2)N(C)CC)c2ccccc2c1=O. The summed E-state index contributed by atoms with van der Waals surface area (Å²) in [7, 11) is 1.85. The Bertz CT molecular complexity index is 1160. The number of nitrogens with one attached hydrogen (secondary N) is 2. The van der Waals surface area contributed by atoms with E-state index in [-0.39, 0.29) is 17.2 Å². The van der Waals surface area contributed by atoms with Gasteiger partial charge >= 0.3 is 0 Å². The summed E-state index contributed by atoms with van der Waals surface area (Å²) in [4.78, 5) is 40.7. The number of hydrogen-bond donors (Lipinski definition) is 2. The van der Waals surface area contributed by atoms with Crippen molar-refractivity contribution in [3.8, 4) is 0 Å². The summed E-state index contributed by atoms with van der Waals surface area (Å²) in [5.41, 5.74) is 5.72. The van der Waals surface area contributed by atoms with E-state index in [1.807, 2.05) is 49.2 Å². The Morgan fingerprint density at radius 1 is 0.970 bits per heavy atom. The van der Waals surface area contributed by atoms with Crippen LogP contribution in [0.4, 0.5) is 0 Å². The molecule has 1 heterocycles. The van der Waals surface area contributed by atoms with Crippen LogP contribution in [0.15, 0.2) is 59.4 Å². The number of aryl methyl sites for hydroxylation is 1. The van der Waals surface area contributed by atoms with Crippen molar-refractivity contribution in [2.45, 2.75) is 45.7 Å². The predicted molar refractivity (Wildman–Crippen MR) is 129 cm³/mol. The maximum absolute atomic E-state index is 13.0. The Morgan fingerprint density at radius 3 is 2.30 bits per heavy atom. The standard InChI is InChI=1S/C25H31N5O3/c1-4-6-12-17-30-25(33)20-16-11-10-15-19(20)21(28-30)23(31)26-27-24(32)22(29(3)5-2)18-13-8-7-9-14-18/h7-11,13-16,22H,4-6,12,17H2,1-3H3,(H,26,31)(H,27,32). The molecule has 0 saturated carbocycles. The van der Waals surface area contributed by atoms with E-state index < -0.39 is 11.9 Å². The number of fused-ring (bicyclic) bond motifs is 1. The van der Waals surface area contributed by atoms with E-state index in [2.05, 4.69) is 22.9 Å². The van der Waals surface area contributed by atoms with Crippen molar-refractivity contribution in [3.63, 3.8) is 0 Å². The van der Waals surface area contributed by atoms with Gasteiger partial charge in [0.05, 0.1) is 5.39 Å². The third kappa shape index (κ3) is 5.64. The summed E-state index contributed by atoms with van der Waals surface area (Å²) >= 11 is 0. The molecule has 33 heavy (non-hydrogen) atoms. The zero-order chi connectivity index (χ0) is 23.8. The molecule has 3 aromatic rings. The minimum absolute atomic E-state index is 0.0992. The van der Waals surface area contributed by atoms with E-state index in [0.717, 1.165) is 24.8 Å². The predicted octanol–water partition coefficient (Wildman–Crippen LogP) is 3.04. The number of hydrogen-bond acceptors (Lipinski definition) is 5. The lowest BCUT2D eigenvalue weighted by atomic mass is 10.1. The van der Waals surface area contributed by atoms with Crippen LogP contribution in [0, 0.1) is 0 Å². The second kappa shape index (κ2) is 11.4. The van der Waals surface area contributed by atoms with Gasteiger partial charge in [0.15, 0.2) is 5.69 Å². The molecule has 8 heteroatoms. The van der Waals surface area contributed by atoms with E-state index in [4.69, 9.17) is 0 Å². The monoisotopic (exact) mass is 449 g/mol. The van der Waals surface area contributed by atoms with Gasteiger partial charge in [-0.25, -0.2) is 4.68 Å². The molecular weight excluding hydrogens is 418 g/mol.